The fourth-order valence-corrected chi connectivity index (χ4v) is 5.00. The highest BCUT2D eigenvalue weighted by Crippen LogP contribution is 2.49. The molecule has 8 heteroatoms. The Kier molecular flexibility index (Phi) is 8.05. The van der Waals surface area contributed by atoms with Crippen LogP contribution >= 0.6 is 11.6 Å². The van der Waals surface area contributed by atoms with Gasteiger partial charge in [0.1, 0.15) is 12.1 Å². The Hall–Kier alpha value is -2.54. The van der Waals surface area contributed by atoms with Gasteiger partial charge in [-0.15, -0.1) is 0 Å². The second-order valence-corrected chi connectivity index (χ2v) is 8.65. The third kappa shape index (κ3) is 5.03. The number of aldehydes is 1. The topological polar surface area (TPSA) is 41.1 Å². The van der Waals surface area contributed by atoms with E-state index < -0.39 is 30.4 Å². The smallest absolute Gasteiger partial charge is 0.269 e. The molecule has 0 saturated carbocycles. The fraction of sp³-hybridized carbons (Fsp3) is 0.400. The molecule has 1 aliphatic carbocycles. The molecule has 0 radical (unpaired) electrons. The molecule has 2 N–H and O–H groups in total. The predicted molar refractivity (Wildman–Crippen MR) is 126 cm³/mol. The van der Waals surface area contributed by atoms with Crippen molar-refractivity contribution >= 4 is 35.3 Å². The molecule has 0 aromatic heterocycles. The first kappa shape index (κ1) is 25.1. The first-order chi connectivity index (χ1) is 15.7. The van der Waals surface area contributed by atoms with Gasteiger partial charge in [0.25, 0.3) is 6.43 Å². The van der Waals surface area contributed by atoms with Crippen LogP contribution in [0.1, 0.15) is 54.0 Å². The molecule has 2 aromatic rings. The Morgan fingerprint density at radius 1 is 1.21 bits per heavy atom. The van der Waals surface area contributed by atoms with E-state index in [0.29, 0.717) is 34.5 Å². The van der Waals surface area contributed by atoms with E-state index in [1.54, 1.807) is 19.2 Å². The zero-order chi connectivity index (χ0) is 24.3. The van der Waals surface area contributed by atoms with Crippen LogP contribution in [0.4, 0.5) is 28.9 Å². The van der Waals surface area contributed by atoms with E-state index in [0.717, 1.165) is 11.1 Å². The number of carbonyl (C=O) groups is 1. The van der Waals surface area contributed by atoms with Crippen molar-refractivity contribution in [1.29, 1.82) is 0 Å². The molecule has 1 aliphatic rings. The van der Waals surface area contributed by atoms with Gasteiger partial charge in [0.15, 0.2) is 6.17 Å². The van der Waals surface area contributed by atoms with Gasteiger partial charge in [0, 0.05) is 34.9 Å². The average molecular weight is 483 g/mol. The van der Waals surface area contributed by atoms with Gasteiger partial charge in [-0.3, -0.25) is 4.79 Å². The Bertz CT molecular complexity index is 1040. The maximum Gasteiger partial charge on any atom is 0.269 e. The van der Waals surface area contributed by atoms with Gasteiger partial charge in [0.05, 0.1) is 6.04 Å². The van der Waals surface area contributed by atoms with Crippen molar-refractivity contribution in [1.82, 2.24) is 0 Å². The van der Waals surface area contributed by atoms with E-state index in [2.05, 4.69) is 10.6 Å². The molecular weight excluding hydrogens is 456 g/mol. The number of benzene rings is 2. The van der Waals surface area contributed by atoms with Crippen LogP contribution < -0.4 is 10.6 Å². The van der Waals surface area contributed by atoms with Gasteiger partial charge in [-0.1, -0.05) is 24.6 Å². The minimum absolute atomic E-state index is 0.131. The highest BCUT2D eigenvalue weighted by Gasteiger charge is 2.43. The number of alkyl halides is 3. The molecule has 0 amide bonds. The summed E-state index contributed by atoms with van der Waals surface area (Å²) in [6, 6.07) is 5.03. The van der Waals surface area contributed by atoms with Crippen molar-refractivity contribution in [3.63, 3.8) is 0 Å². The van der Waals surface area contributed by atoms with Gasteiger partial charge in [-0.2, -0.15) is 0 Å². The summed E-state index contributed by atoms with van der Waals surface area (Å²) in [5.41, 5.74) is 3.53. The number of halogens is 5. The normalized spacial score (nSPS) is 21.2. The van der Waals surface area contributed by atoms with E-state index in [4.69, 9.17) is 11.6 Å². The summed E-state index contributed by atoms with van der Waals surface area (Å²) in [4.78, 5) is 10.9. The van der Waals surface area contributed by atoms with Crippen molar-refractivity contribution in [2.75, 3.05) is 17.7 Å². The summed E-state index contributed by atoms with van der Waals surface area (Å²) < 4.78 is 56.4. The summed E-state index contributed by atoms with van der Waals surface area (Å²) in [5, 5.41) is 6.56. The molecule has 3 unspecified atom stereocenters. The maximum absolute atomic E-state index is 14.9. The number of rotatable bonds is 8. The zero-order valence-corrected chi connectivity index (χ0v) is 19.4. The number of carbonyl (C=O) groups excluding carboxylic acids is 1. The van der Waals surface area contributed by atoms with Crippen molar-refractivity contribution < 1.29 is 22.4 Å². The number of hydrogen-bond acceptors (Lipinski definition) is 3. The van der Waals surface area contributed by atoms with Crippen LogP contribution in [-0.2, 0) is 4.79 Å². The number of hydrogen-bond donors (Lipinski definition) is 2. The summed E-state index contributed by atoms with van der Waals surface area (Å²) >= 11 is 6.35. The maximum atomic E-state index is 14.9. The zero-order valence-electron chi connectivity index (χ0n) is 18.6. The minimum atomic E-state index is -3.15. The summed E-state index contributed by atoms with van der Waals surface area (Å²) in [7, 11) is 1.60. The van der Waals surface area contributed by atoms with E-state index in [1.807, 2.05) is 13.8 Å². The van der Waals surface area contributed by atoms with Crippen LogP contribution in [0.3, 0.4) is 0 Å². The number of fused-ring (bicyclic) bond motifs is 1. The van der Waals surface area contributed by atoms with Crippen LogP contribution in [0, 0.1) is 18.7 Å². The molecule has 4 atom stereocenters. The summed E-state index contributed by atoms with van der Waals surface area (Å²) in [6.45, 7) is 3.80. The van der Waals surface area contributed by atoms with E-state index in [-0.39, 0.29) is 18.0 Å². The van der Waals surface area contributed by atoms with Gasteiger partial charge >= 0.3 is 0 Å². The lowest BCUT2D eigenvalue weighted by Crippen LogP contribution is -2.38. The lowest BCUT2D eigenvalue weighted by atomic mass is 9.69. The molecule has 0 fully saturated rings. The van der Waals surface area contributed by atoms with Crippen molar-refractivity contribution in [2.24, 2.45) is 5.92 Å². The largest absolute Gasteiger partial charge is 0.387 e. The highest BCUT2D eigenvalue weighted by atomic mass is 35.5. The Morgan fingerprint density at radius 2 is 1.91 bits per heavy atom. The third-order valence-electron chi connectivity index (χ3n) is 6.42. The number of anilines is 2. The molecule has 0 saturated heterocycles. The molecular formula is C25H27ClF4N2O. The molecule has 0 bridgehead atoms. The number of allylic oxidation sites excluding steroid dienone is 1. The number of nitrogens with one attached hydrogen (secondary N) is 2. The van der Waals surface area contributed by atoms with Gasteiger partial charge in [0.2, 0.25) is 0 Å². The van der Waals surface area contributed by atoms with E-state index in [1.165, 1.54) is 24.3 Å². The van der Waals surface area contributed by atoms with Gasteiger partial charge in [-0.25, -0.2) is 17.6 Å². The highest BCUT2D eigenvalue weighted by molar-refractivity contribution is 6.31. The Balaban J connectivity index is 2.21. The van der Waals surface area contributed by atoms with Crippen molar-refractivity contribution in [3.05, 3.63) is 63.4 Å². The van der Waals surface area contributed by atoms with Crippen molar-refractivity contribution in [3.8, 4) is 0 Å². The molecule has 0 heterocycles. The van der Waals surface area contributed by atoms with Gasteiger partial charge < -0.3 is 10.6 Å². The van der Waals surface area contributed by atoms with E-state index in [9.17, 15) is 22.4 Å². The van der Waals surface area contributed by atoms with Crippen LogP contribution in [0.15, 0.2) is 30.3 Å². The van der Waals surface area contributed by atoms with Crippen LogP contribution in [0.25, 0.3) is 6.08 Å². The quantitative estimate of drug-likeness (QED) is 0.235. The van der Waals surface area contributed by atoms with Crippen LogP contribution in [0.5, 0.6) is 0 Å². The van der Waals surface area contributed by atoms with E-state index >= 15 is 0 Å². The predicted octanol–water partition coefficient (Wildman–Crippen LogP) is 7.31. The monoisotopic (exact) mass is 482 g/mol. The average Bonchev–Trinajstić information content (AvgIpc) is 2.79. The molecule has 3 nitrogen and oxygen atoms in total. The lowest BCUT2D eigenvalue weighted by molar-refractivity contribution is -0.104. The Morgan fingerprint density at radius 3 is 2.52 bits per heavy atom. The SMILES string of the molecule is CC[C@@H]1CC(C(F)C(F)F)C(Nc2cc(F)cc(NC)c2/C=C\C=O)c2ccc(Cl)c(C)c21. The standard InChI is InChI=1S/C25H27ClF4N2O/c1-4-14-10-18(23(28)25(29)30)24(17-7-8-19(26)13(2)22(14)17)32-21-12-15(27)11-20(31-3)16(21)6-5-9-33/h5-9,11-12,14,18,23-25,31-32H,4,10H2,1-3H3/b6-5-/t14-,18?,23?,24?/m1/s1. The summed E-state index contributed by atoms with van der Waals surface area (Å²) in [6.07, 6.45) is -1.36. The second-order valence-electron chi connectivity index (χ2n) is 8.24. The Labute approximate surface area is 196 Å². The molecule has 0 spiro atoms. The van der Waals surface area contributed by atoms with Crippen molar-refractivity contribution in [2.45, 2.75) is 51.2 Å². The van der Waals surface area contributed by atoms with Crippen LogP contribution in [-0.4, -0.2) is 25.9 Å². The van der Waals surface area contributed by atoms with Crippen LogP contribution in [0.2, 0.25) is 5.02 Å². The first-order valence-electron chi connectivity index (χ1n) is 10.8. The lowest BCUT2D eigenvalue weighted by Gasteiger charge is -2.41. The fourth-order valence-electron chi connectivity index (χ4n) is 4.83. The van der Waals surface area contributed by atoms with Gasteiger partial charge in [-0.05, 0) is 72.7 Å². The first-order valence-corrected chi connectivity index (χ1v) is 11.2. The molecule has 33 heavy (non-hydrogen) atoms. The summed E-state index contributed by atoms with van der Waals surface area (Å²) in [5.74, 6) is -1.75. The second kappa shape index (κ2) is 10.6. The molecule has 3 rings (SSSR count). The molecule has 178 valence electrons. The molecule has 2 aromatic carbocycles. The third-order valence-corrected chi connectivity index (χ3v) is 6.83. The minimum Gasteiger partial charge on any atom is -0.387 e. The molecule has 0 aliphatic heterocycles.